The normalized spacial score (nSPS) is 18.1. The van der Waals surface area contributed by atoms with E-state index in [0.717, 1.165) is 12.8 Å². The minimum absolute atomic E-state index is 0.00264. The second-order valence-corrected chi connectivity index (χ2v) is 6.96. The van der Waals surface area contributed by atoms with Crippen LogP contribution in [0.15, 0.2) is 42.5 Å². The van der Waals surface area contributed by atoms with Crippen LogP contribution in [0.1, 0.15) is 54.3 Å². The number of benzene rings is 2. The molecule has 148 valence electrons. The highest BCUT2D eigenvalue weighted by atomic mass is 16.5. The maximum atomic E-state index is 12.7. The van der Waals surface area contributed by atoms with Crippen LogP contribution in [0.3, 0.4) is 0 Å². The SMILES string of the molecule is O=C(O)c1cccc(C(=O)Nc2ccc3c(c2)C(=O)N(CC2CCCO2)C3=O)c1. The Bertz CT molecular complexity index is 1030. The molecule has 8 heteroatoms. The van der Waals surface area contributed by atoms with Gasteiger partial charge in [0.05, 0.1) is 29.3 Å². The molecule has 8 nitrogen and oxygen atoms in total. The minimum Gasteiger partial charge on any atom is -0.478 e. The third-order valence-electron chi connectivity index (χ3n) is 5.01. The van der Waals surface area contributed by atoms with E-state index in [1.807, 2.05) is 0 Å². The molecule has 0 saturated carbocycles. The van der Waals surface area contributed by atoms with Gasteiger partial charge in [0.25, 0.3) is 17.7 Å². The van der Waals surface area contributed by atoms with Crippen LogP contribution in [-0.2, 0) is 4.74 Å². The van der Waals surface area contributed by atoms with Crippen LogP contribution in [0, 0.1) is 0 Å². The second kappa shape index (κ2) is 7.48. The number of amides is 3. The number of carboxylic acid groups (broad SMARTS) is 1. The molecule has 2 aromatic carbocycles. The number of carbonyl (C=O) groups excluding carboxylic acids is 3. The van der Waals surface area contributed by atoms with Gasteiger partial charge in [0.2, 0.25) is 0 Å². The van der Waals surface area contributed by atoms with Crippen molar-refractivity contribution in [1.29, 1.82) is 0 Å². The number of ether oxygens (including phenoxy) is 1. The average Bonchev–Trinajstić information content (AvgIpc) is 3.31. The Morgan fingerprint density at radius 3 is 2.55 bits per heavy atom. The van der Waals surface area contributed by atoms with Crippen LogP contribution < -0.4 is 5.32 Å². The maximum absolute atomic E-state index is 12.7. The maximum Gasteiger partial charge on any atom is 0.335 e. The summed E-state index contributed by atoms with van der Waals surface area (Å²) in [5.74, 6) is -2.43. The lowest BCUT2D eigenvalue weighted by atomic mass is 10.1. The van der Waals surface area contributed by atoms with E-state index in [1.165, 1.54) is 41.3 Å². The van der Waals surface area contributed by atoms with Crippen molar-refractivity contribution in [1.82, 2.24) is 4.90 Å². The zero-order valence-electron chi connectivity index (χ0n) is 15.4. The van der Waals surface area contributed by atoms with Gasteiger partial charge >= 0.3 is 5.97 Å². The number of rotatable bonds is 5. The van der Waals surface area contributed by atoms with E-state index in [0.29, 0.717) is 17.9 Å². The number of carbonyl (C=O) groups is 4. The van der Waals surface area contributed by atoms with Crippen molar-refractivity contribution in [2.24, 2.45) is 0 Å². The fourth-order valence-electron chi connectivity index (χ4n) is 3.52. The zero-order valence-corrected chi connectivity index (χ0v) is 15.4. The third-order valence-corrected chi connectivity index (χ3v) is 5.01. The molecule has 0 bridgehead atoms. The summed E-state index contributed by atoms with van der Waals surface area (Å²) in [6, 6.07) is 10.1. The second-order valence-electron chi connectivity index (χ2n) is 6.96. The molecule has 1 atom stereocenters. The van der Waals surface area contributed by atoms with Gasteiger partial charge in [-0.3, -0.25) is 19.3 Å². The molecule has 0 radical (unpaired) electrons. The summed E-state index contributed by atoms with van der Waals surface area (Å²) in [6.45, 7) is 0.850. The number of hydrogen-bond donors (Lipinski definition) is 2. The Labute approximate surface area is 166 Å². The average molecular weight is 394 g/mol. The number of imide groups is 1. The molecule has 2 aliphatic heterocycles. The predicted octanol–water partition coefficient (Wildman–Crippen LogP) is 2.41. The number of carboxylic acids is 1. The molecular formula is C21H18N2O6. The van der Waals surface area contributed by atoms with Gasteiger partial charge in [-0.2, -0.15) is 0 Å². The highest BCUT2D eigenvalue weighted by molar-refractivity contribution is 6.22. The molecule has 2 aromatic rings. The summed E-state index contributed by atoms with van der Waals surface area (Å²) in [4.78, 5) is 50.0. The number of hydrogen-bond acceptors (Lipinski definition) is 5. The zero-order chi connectivity index (χ0) is 20.5. The van der Waals surface area contributed by atoms with E-state index in [-0.39, 0.29) is 35.2 Å². The number of nitrogens with zero attached hydrogens (tertiary/aromatic N) is 1. The summed E-state index contributed by atoms with van der Waals surface area (Å²) in [6.07, 6.45) is 1.58. The first kappa shape index (κ1) is 18.8. The van der Waals surface area contributed by atoms with Crippen molar-refractivity contribution in [2.45, 2.75) is 18.9 Å². The van der Waals surface area contributed by atoms with E-state index in [9.17, 15) is 19.2 Å². The molecule has 4 rings (SSSR count). The summed E-state index contributed by atoms with van der Waals surface area (Å²) in [5, 5.41) is 11.7. The Morgan fingerprint density at radius 1 is 1.07 bits per heavy atom. The number of nitrogens with one attached hydrogen (secondary N) is 1. The smallest absolute Gasteiger partial charge is 0.335 e. The number of anilines is 1. The van der Waals surface area contributed by atoms with Gasteiger partial charge in [-0.25, -0.2) is 4.79 Å². The molecule has 0 aliphatic carbocycles. The number of aromatic carboxylic acids is 1. The molecule has 2 heterocycles. The van der Waals surface area contributed by atoms with Crippen LogP contribution in [0.4, 0.5) is 5.69 Å². The summed E-state index contributed by atoms with van der Waals surface area (Å²) >= 11 is 0. The Kier molecular flexibility index (Phi) is 4.85. The van der Waals surface area contributed by atoms with E-state index in [1.54, 1.807) is 6.07 Å². The Balaban J connectivity index is 1.52. The fraction of sp³-hybridized carbons (Fsp3) is 0.238. The van der Waals surface area contributed by atoms with Crippen molar-refractivity contribution in [2.75, 3.05) is 18.5 Å². The lowest BCUT2D eigenvalue weighted by Crippen LogP contribution is -2.36. The standard InChI is InChI=1S/C21H18N2O6/c24-18(12-3-1-4-13(9-12)21(27)28)22-14-6-7-16-17(10-14)20(26)23(19(16)25)11-15-5-2-8-29-15/h1,3-4,6-7,9-10,15H,2,5,8,11H2,(H,22,24)(H,27,28). The van der Waals surface area contributed by atoms with Crippen molar-refractivity contribution in [3.63, 3.8) is 0 Å². The predicted molar refractivity (Wildman–Crippen MR) is 102 cm³/mol. The van der Waals surface area contributed by atoms with Gasteiger partial charge < -0.3 is 15.2 Å². The van der Waals surface area contributed by atoms with Crippen molar-refractivity contribution < 1.29 is 29.0 Å². The molecule has 2 N–H and O–H groups in total. The van der Waals surface area contributed by atoms with Crippen molar-refractivity contribution in [3.8, 4) is 0 Å². The van der Waals surface area contributed by atoms with Crippen LogP contribution in [0.5, 0.6) is 0 Å². The first-order valence-electron chi connectivity index (χ1n) is 9.20. The topological polar surface area (TPSA) is 113 Å². The minimum atomic E-state index is -1.13. The van der Waals surface area contributed by atoms with Crippen LogP contribution in [-0.4, -0.2) is 53.0 Å². The molecule has 1 unspecified atom stereocenters. The van der Waals surface area contributed by atoms with Gasteiger partial charge in [0.15, 0.2) is 0 Å². The molecule has 1 fully saturated rings. The Morgan fingerprint density at radius 2 is 1.83 bits per heavy atom. The van der Waals surface area contributed by atoms with E-state index >= 15 is 0 Å². The molecule has 1 saturated heterocycles. The van der Waals surface area contributed by atoms with E-state index < -0.39 is 17.8 Å². The summed E-state index contributed by atoms with van der Waals surface area (Å²) in [7, 11) is 0. The quantitative estimate of drug-likeness (QED) is 0.753. The lowest BCUT2D eigenvalue weighted by Gasteiger charge is -2.17. The molecule has 3 amide bonds. The molecular weight excluding hydrogens is 376 g/mol. The lowest BCUT2D eigenvalue weighted by molar-refractivity contribution is 0.0475. The highest BCUT2D eigenvalue weighted by Gasteiger charge is 2.37. The highest BCUT2D eigenvalue weighted by Crippen LogP contribution is 2.27. The van der Waals surface area contributed by atoms with Gasteiger partial charge in [0, 0.05) is 17.9 Å². The van der Waals surface area contributed by atoms with Crippen molar-refractivity contribution in [3.05, 3.63) is 64.7 Å². The summed E-state index contributed by atoms with van der Waals surface area (Å²) in [5.41, 5.74) is 1.03. The number of fused-ring (bicyclic) bond motifs is 1. The Hall–Kier alpha value is -3.52. The molecule has 0 aromatic heterocycles. The molecule has 29 heavy (non-hydrogen) atoms. The molecule has 2 aliphatic rings. The molecule has 0 spiro atoms. The van der Waals surface area contributed by atoms with Crippen molar-refractivity contribution >= 4 is 29.4 Å². The van der Waals surface area contributed by atoms with Gasteiger partial charge in [0.1, 0.15) is 0 Å². The van der Waals surface area contributed by atoms with E-state index in [2.05, 4.69) is 5.32 Å². The largest absolute Gasteiger partial charge is 0.478 e. The van der Waals surface area contributed by atoms with Gasteiger partial charge in [-0.1, -0.05) is 6.07 Å². The monoisotopic (exact) mass is 394 g/mol. The fourth-order valence-corrected chi connectivity index (χ4v) is 3.52. The van der Waals surface area contributed by atoms with Gasteiger partial charge in [-0.05, 0) is 49.2 Å². The first-order chi connectivity index (χ1) is 13.9. The third kappa shape index (κ3) is 3.62. The summed E-state index contributed by atoms with van der Waals surface area (Å²) < 4.78 is 5.52. The van der Waals surface area contributed by atoms with E-state index in [4.69, 9.17) is 9.84 Å². The van der Waals surface area contributed by atoms with Crippen LogP contribution >= 0.6 is 0 Å². The van der Waals surface area contributed by atoms with Crippen LogP contribution in [0.2, 0.25) is 0 Å². The first-order valence-corrected chi connectivity index (χ1v) is 9.20. The van der Waals surface area contributed by atoms with Crippen LogP contribution in [0.25, 0.3) is 0 Å². The van der Waals surface area contributed by atoms with Gasteiger partial charge in [-0.15, -0.1) is 0 Å².